The topological polar surface area (TPSA) is 73.7 Å². The Bertz CT molecular complexity index is 443. The van der Waals surface area contributed by atoms with E-state index < -0.39 is 0 Å². The van der Waals surface area contributed by atoms with Crippen LogP contribution < -0.4 is 11.3 Å². The maximum Gasteiger partial charge on any atom is 0.107 e. The lowest BCUT2D eigenvalue weighted by atomic mass is 10.1. The molecule has 0 aliphatic heterocycles. The van der Waals surface area contributed by atoms with Gasteiger partial charge in [0.2, 0.25) is 0 Å². The Balaban J connectivity index is 2.36. The number of rotatable bonds is 3. The molecule has 6 nitrogen and oxygen atoms in total. The number of hydrogen-bond acceptors (Lipinski definition) is 4. The molecule has 0 amide bonds. The van der Waals surface area contributed by atoms with Crippen molar-refractivity contribution in [3.05, 3.63) is 35.9 Å². The van der Waals surface area contributed by atoms with Crippen LogP contribution in [0.4, 0.5) is 0 Å². The molecule has 0 spiro atoms. The molecule has 0 aliphatic rings. The fourth-order valence-electron chi connectivity index (χ4n) is 1.58. The van der Waals surface area contributed by atoms with Crippen molar-refractivity contribution in [2.75, 3.05) is 0 Å². The van der Waals surface area contributed by atoms with Crippen LogP contribution in [0.15, 0.2) is 24.5 Å². The lowest BCUT2D eigenvalue weighted by molar-refractivity contribution is 0.555. The van der Waals surface area contributed by atoms with Crippen molar-refractivity contribution >= 4 is 0 Å². The highest BCUT2D eigenvalue weighted by atomic mass is 15.3. The molecule has 0 saturated heterocycles. The highest BCUT2D eigenvalue weighted by molar-refractivity contribution is 5.19. The molecule has 80 valence electrons. The van der Waals surface area contributed by atoms with Gasteiger partial charge >= 0.3 is 0 Å². The molecule has 15 heavy (non-hydrogen) atoms. The molecular formula is C9H14N6. The lowest BCUT2D eigenvalue weighted by Crippen LogP contribution is -2.30. The molecular weight excluding hydrogens is 192 g/mol. The fourth-order valence-corrected chi connectivity index (χ4v) is 1.58. The van der Waals surface area contributed by atoms with Crippen LogP contribution in [0.2, 0.25) is 0 Å². The summed E-state index contributed by atoms with van der Waals surface area (Å²) in [6, 6.07) is 3.72. The van der Waals surface area contributed by atoms with Crippen molar-refractivity contribution in [1.29, 1.82) is 0 Å². The van der Waals surface area contributed by atoms with Gasteiger partial charge in [-0.3, -0.25) is 15.2 Å². The van der Waals surface area contributed by atoms with E-state index in [2.05, 4.69) is 15.6 Å². The van der Waals surface area contributed by atoms with Crippen LogP contribution in [0.3, 0.4) is 0 Å². The maximum atomic E-state index is 5.53. The van der Waals surface area contributed by atoms with Gasteiger partial charge in [0.15, 0.2) is 0 Å². The van der Waals surface area contributed by atoms with Gasteiger partial charge in [0.05, 0.1) is 11.4 Å². The summed E-state index contributed by atoms with van der Waals surface area (Å²) >= 11 is 0. The van der Waals surface area contributed by atoms with Crippen LogP contribution in [-0.4, -0.2) is 19.6 Å². The highest BCUT2D eigenvalue weighted by Gasteiger charge is 2.17. The molecule has 2 aromatic heterocycles. The normalized spacial score (nSPS) is 13.0. The van der Waals surface area contributed by atoms with E-state index in [1.165, 1.54) is 0 Å². The van der Waals surface area contributed by atoms with Crippen molar-refractivity contribution in [3.63, 3.8) is 0 Å². The average molecular weight is 206 g/mol. The average Bonchev–Trinajstić information content (AvgIpc) is 2.79. The number of aryl methyl sites for hydroxylation is 2. The van der Waals surface area contributed by atoms with Gasteiger partial charge in [-0.15, -0.1) is 0 Å². The summed E-state index contributed by atoms with van der Waals surface area (Å²) < 4.78 is 3.52. The maximum absolute atomic E-state index is 5.53. The van der Waals surface area contributed by atoms with Crippen LogP contribution in [0.25, 0.3) is 0 Å². The summed E-state index contributed by atoms with van der Waals surface area (Å²) in [6.45, 7) is 0. The third kappa shape index (κ3) is 1.77. The second-order valence-corrected chi connectivity index (χ2v) is 3.39. The molecule has 0 fully saturated rings. The summed E-state index contributed by atoms with van der Waals surface area (Å²) in [5.74, 6) is 5.53. The minimum Gasteiger partial charge on any atom is -0.275 e. The van der Waals surface area contributed by atoms with Crippen molar-refractivity contribution < 1.29 is 0 Å². The van der Waals surface area contributed by atoms with Crippen molar-refractivity contribution in [2.45, 2.75) is 6.04 Å². The molecule has 1 atom stereocenters. The first-order valence-electron chi connectivity index (χ1n) is 4.66. The third-order valence-corrected chi connectivity index (χ3v) is 2.35. The quantitative estimate of drug-likeness (QED) is 0.534. The molecule has 6 heteroatoms. The first-order chi connectivity index (χ1) is 7.22. The number of nitrogens with zero attached hydrogens (tertiary/aromatic N) is 4. The molecule has 2 aromatic rings. The van der Waals surface area contributed by atoms with Gasteiger partial charge in [0.1, 0.15) is 6.04 Å². The molecule has 0 aromatic carbocycles. The molecule has 2 heterocycles. The molecule has 0 saturated carbocycles. The van der Waals surface area contributed by atoms with Crippen LogP contribution >= 0.6 is 0 Å². The zero-order valence-electron chi connectivity index (χ0n) is 8.75. The van der Waals surface area contributed by atoms with E-state index in [9.17, 15) is 0 Å². The zero-order valence-corrected chi connectivity index (χ0v) is 8.75. The van der Waals surface area contributed by atoms with Gasteiger partial charge in [-0.05, 0) is 12.1 Å². The smallest absolute Gasteiger partial charge is 0.107 e. The van der Waals surface area contributed by atoms with E-state index in [-0.39, 0.29) is 6.04 Å². The van der Waals surface area contributed by atoms with Gasteiger partial charge in [-0.25, -0.2) is 5.43 Å². The van der Waals surface area contributed by atoms with Crippen molar-refractivity contribution in [1.82, 2.24) is 25.0 Å². The molecule has 3 N–H and O–H groups in total. The number of hydrazine groups is 1. The van der Waals surface area contributed by atoms with E-state index in [0.717, 1.165) is 11.4 Å². The minimum atomic E-state index is -0.126. The Morgan fingerprint density at radius 2 is 2.20 bits per heavy atom. The number of nitrogens with two attached hydrogens (primary N) is 1. The Morgan fingerprint density at radius 3 is 2.67 bits per heavy atom. The predicted molar refractivity (Wildman–Crippen MR) is 55.6 cm³/mol. The van der Waals surface area contributed by atoms with Gasteiger partial charge < -0.3 is 0 Å². The summed E-state index contributed by atoms with van der Waals surface area (Å²) in [4.78, 5) is 0. The van der Waals surface area contributed by atoms with Crippen LogP contribution in [-0.2, 0) is 14.1 Å². The molecule has 2 rings (SSSR count). The number of hydrogen-bond donors (Lipinski definition) is 2. The van der Waals surface area contributed by atoms with Crippen LogP contribution in [0.5, 0.6) is 0 Å². The van der Waals surface area contributed by atoms with E-state index >= 15 is 0 Å². The van der Waals surface area contributed by atoms with Crippen LogP contribution in [0.1, 0.15) is 17.4 Å². The summed E-state index contributed by atoms with van der Waals surface area (Å²) in [6.07, 6.45) is 3.62. The molecule has 0 radical (unpaired) electrons. The second-order valence-electron chi connectivity index (χ2n) is 3.39. The standard InChI is InChI=1S/C9H14N6/c1-14-6-4-7(13-14)9(12-10)8-3-5-11-15(8)2/h3-6,9,12H,10H2,1-2H3. The Labute approximate surface area is 87.7 Å². The van der Waals surface area contributed by atoms with E-state index in [0.29, 0.717) is 0 Å². The molecule has 0 bridgehead atoms. The van der Waals surface area contributed by atoms with E-state index in [1.807, 2.05) is 32.4 Å². The van der Waals surface area contributed by atoms with Crippen molar-refractivity contribution in [2.24, 2.45) is 19.9 Å². The van der Waals surface area contributed by atoms with E-state index in [4.69, 9.17) is 5.84 Å². The monoisotopic (exact) mass is 206 g/mol. The second kappa shape index (κ2) is 3.84. The third-order valence-electron chi connectivity index (χ3n) is 2.35. The van der Waals surface area contributed by atoms with Gasteiger partial charge in [-0.2, -0.15) is 10.2 Å². The van der Waals surface area contributed by atoms with Crippen LogP contribution in [0, 0.1) is 0 Å². The first kappa shape index (κ1) is 9.88. The summed E-state index contributed by atoms with van der Waals surface area (Å²) in [5.41, 5.74) is 4.60. The fraction of sp³-hybridized carbons (Fsp3) is 0.333. The zero-order chi connectivity index (χ0) is 10.8. The van der Waals surface area contributed by atoms with Gasteiger partial charge in [-0.1, -0.05) is 0 Å². The van der Waals surface area contributed by atoms with Crippen molar-refractivity contribution in [3.8, 4) is 0 Å². The van der Waals surface area contributed by atoms with Gasteiger partial charge in [0.25, 0.3) is 0 Å². The summed E-state index contributed by atoms with van der Waals surface area (Å²) in [5, 5.41) is 8.42. The SMILES string of the molecule is Cn1ccc(C(NN)c2ccnn2C)n1. The predicted octanol–water partition coefficient (Wildman–Crippen LogP) is -0.294. The molecule has 0 aliphatic carbocycles. The number of nitrogens with one attached hydrogen (secondary N) is 1. The number of aromatic nitrogens is 4. The lowest BCUT2D eigenvalue weighted by Gasteiger charge is -2.13. The summed E-state index contributed by atoms with van der Waals surface area (Å²) in [7, 11) is 3.75. The van der Waals surface area contributed by atoms with E-state index in [1.54, 1.807) is 15.6 Å². The Morgan fingerprint density at radius 1 is 1.40 bits per heavy atom. The minimum absolute atomic E-state index is 0.126. The Hall–Kier alpha value is -1.66. The largest absolute Gasteiger partial charge is 0.275 e. The molecule has 1 unspecified atom stereocenters. The highest BCUT2D eigenvalue weighted by Crippen LogP contribution is 2.18. The van der Waals surface area contributed by atoms with Gasteiger partial charge in [0, 0.05) is 26.5 Å². The first-order valence-corrected chi connectivity index (χ1v) is 4.66. The Kier molecular flexibility index (Phi) is 2.53.